The molecule has 6 nitrogen and oxygen atoms in total. The molecular formula is C17H25N3O3. The van der Waals surface area contributed by atoms with E-state index in [1.807, 2.05) is 19.1 Å². The van der Waals surface area contributed by atoms with Crippen molar-refractivity contribution in [2.45, 2.75) is 19.8 Å². The zero-order valence-electron chi connectivity index (χ0n) is 13.6. The number of nitrogens with zero attached hydrogens (tertiary/aromatic N) is 1. The molecule has 1 atom stereocenters. The summed E-state index contributed by atoms with van der Waals surface area (Å²) in [4.78, 5) is 26.5. The smallest absolute Gasteiger partial charge is 0.254 e. The Morgan fingerprint density at radius 1 is 1.43 bits per heavy atom. The monoisotopic (exact) mass is 319 g/mol. The molecule has 2 amide bonds. The quantitative estimate of drug-likeness (QED) is 0.819. The van der Waals surface area contributed by atoms with Gasteiger partial charge in [0.1, 0.15) is 5.75 Å². The molecule has 2 rings (SSSR count). The number of nitrogens with one attached hydrogen (secondary N) is 1. The minimum atomic E-state index is -0.158. The standard InChI is InChI=1S/C17H25N3O3/c1-2-23-15-7-3-5-13(11-15)17(22)20-10-4-6-14(12-20)16(21)19-9-8-18/h3,5,7,11,14H,2,4,6,8-10,12,18H2,1H3,(H,19,21). The van der Waals surface area contributed by atoms with E-state index in [-0.39, 0.29) is 17.7 Å². The molecule has 0 spiro atoms. The Morgan fingerprint density at radius 3 is 3.00 bits per heavy atom. The van der Waals surface area contributed by atoms with Crippen molar-refractivity contribution < 1.29 is 14.3 Å². The van der Waals surface area contributed by atoms with Crippen LogP contribution in [0.15, 0.2) is 24.3 Å². The molecule has 1 unspecified atom stereocenters. The Kier molecular flexibility index (Phi) is 6.40. The van der Waals surface area contributed by atoms with Gasteiger partial charge in [-0.25, -0.2) is 0 Å². The molecule has 1 fully saturated rings. The second-order valence-electron chi connectivity index (χ2n) is 5.63. The summed E-state index contributed by atoms with van der Waals surface area (Å²) < 4.78 is 5.44. The van der Waals surface area contributed by atoms with E-state index < -0.39 is 0 Å². The molecule has 1 aromatic carbocycles. The third-order valence-corrected chi connectivity index (χ3v) is 3.91. The summed E-state index contributed by atoms with van der Waals surface area (Å²) in [6, 6.07) is 7.18. The molecule has 1 saturated heterocycles. The Labute approximate surface area is 137 Å². The van der Waals surface area contributed by atoms with E-state index in [1.165, 1.54) is 0 Å². The van der Waals surface area contributed by atoms with Gasteiger partial charge in [0.25, 0.3) is 5.91 Å². The van der Waals surface area contributed by atoms with Crippen LogP contribution >= 0.6 is 0 Å². The zero-order valence-corrected chi connectivity index (χ0v) is 13.6. The van der Waals surface area contributed by atoms with Gasteiger partial charge in [0, 0.05) is 31.7 Å². The minimum absolute atomic E-state index is 0.0176. The third-order valence-electron chi connectivity index (χ3n) is 3.91. The van der Waals surface area contributed by atoms with Crippen molar-refractivity contribution >= 4 is 11.8 Å². The van der Waals surface area contributed by atoms with E-state index in [2.05, 4.69) is 5.32 Å². The lowest BCUT2D eigenvalue weighted by Crippen LogP contribution is -2.46. The molecule has 23 heavy (non-hydrogen) atoms. The number of carbonyl (C=O) groups is 2. The van der Waals surface area contributed by atoms with Gasteiger partial charge in [-0.3, -0.25) is 9.59 Å². The molecule has 0 aromatic heterocycles. The maximum atomic E-state index is 12.7. The maximum absolute atomic E-state index is 12.7. The van der Waals surface area contributed by atoms with Crippen LogP contribution in [0.1, 0.15) is 30.1 Å². The van der Waals surface area contributed by atoms with E-state index in [0.29, 0.717) is 44.1 Å². The van der Waals surface area contributed by atoms with Crippen LogP contribution in [0.3, 0.4) is 0 Å². The highest BCUT2D eigenvalue weighted by molar-refractivity contribution is 5.95. The number of nitrogens with two attached hydrogens (primary N) is 1. The molecule has 1 heterocycles. The molecule has 0 aliphatic carbocycles. The van der Waals surface area contributed by atoms with E-state index >= 15 is 0 Å². The first-order valence-electron chi connectivity index (χ1n) is 8.15. The van der Waals surface area contributed by atoms with Crippen LogP contribution in [0.25, 0.3) is 0 Å². The largest absolute Gasteiger partial charge is 0.494 e. The summed E-state index contributed by atoms with van der Waals surface area (Å²) in [6.45, 7) is 4.49. The number of amides is 2. The number of hydrogen-bond donors (Lipinski definition) is 2. The average molecular weight is 319 g/mol. The van der Waals surface area contributed by atoms with Crippen LogP contribution in [-0.2, 0) is 4.79 Å². The van der Waals surface area contributed by atoms with Crippen LogP contribution < -0.4 is 15.8 Å². The summed E-state index contributed by atoms with van der Waals surface area (Å²) in [6.07, 6.45) is 1.64. The second kappa shape index (κ2) is 8.53. The first-order chi connectivity index (χ1) is 11.2. The van der Waals surface area contributed by atoms with Crippen molar-refractivity contribution in [3.8, 4) is 5.75 Å². The normalized spacial score (nSPS) is 17.7. The first kappa shape index (κ1) is 17.3. The summed E-state index contributed by atoms with van der Waals surface area (Å²) in [5, 5.41) is 2.81. The highest BCUT2D eigenvalue weighted by atomic mass is 16.5. The van der Waals surface area contributed by atoms with Crippen molar-refractivity contribution in [1.29, 1.82) is 0 Å². The summed E-state index contributed by atoms with van der Waals surface area (Å²) in [5.41, 5.74) is 6.00. The Bertz CT molecular complexity index is 548. The van der Waals surface area contributed by atoms with Crippen molar-refractivity contribution in [2.75, 3.05) is 32.8 Å². The van der Waals surface area contributed by atoms with Crippen LogP contribution in [0.4, 0.5) is 0 Å². The first-order valence-corrected chi connectivity index (χ1v) is 8.15. The number of carbonyl (C=O) groups excluding carboxylic acids is 2. The number of piperidine rings is 1. The van der Waals surface area contributed by atoms with Gasteiger partial charge < -0.3 is 20.7 Å². The topological polar surface area (TPSA) is 84.7 Å². The number of rotatable bonds is 6. The maximum Gasteiger partial charge on any atom is 0.254 e. The van der Waals surface area contributed by atoms with E-state index in [1.54, 1.807) is 17.0 Å². The van der Waals surface area contributed by atoms with Crippen molar-refractivity contribution in [1.82, 2.24) is 10.2 Å². The fourth-order valence-electron chi connectivity index (χ4n) is 2.78. The highest BCUT2D eigenvalue weighted by Crippen LogP contribution is 2.21. The van der Waals surface area contributed by atoms with Gasteiger partial charge in [-0.2, -0.15) is 0 Å². The molecule has 0 bridgehead atoms. The van der Waals surface area contributed by atoms with Crippen LogP contribution in [0, 0.1) is 5.92 Å². The van der Waals surface area contributed by atoms with Gasteiger partial charge in [0.15, 0.2) is 0 Å². The van der Waals surface area contributed by atoms with E-state index in [4.69, 9.17) is 10.5 Å². The molecule has 3 N–H and O–H groups in total. The summed E-state index contributed by atoms with van der Waals surface area (Å²) in [7, 11) is 0. The summed E-state index contributed by atoms with van der Waals surface area (Å²) in [5.74, 6) is 0.459. The molecule has 6 heteroatoms. The van der Waals surface area contributed by atoms with Gasteiger partial charge >= 0.3 is 0 Å². The minimum Gasteiger partial charge on any atom is -0.494 e. The Balaban J connectivity index is 2.01. The predicted molar refractivity (Wildman–Crippen MR) is 88.3 cm³/mol. The fraction of sp³-hybridized carbons (Fsp3) is 0.529. The number of hydrogen-bond acceptors (Lipinski definition) is 4. The molecule has 1 aromatic rings. The summed E-state index contributed by atoms with van der Waals surface area (Å²) >= 11 is 0. The lowest BCUT2D eigenvalue weighted by Gasteiger charge is -2.32. The van der Waals surface area contributed by atoms with Gasteiger partial charge in [-0.1, -0.05) is 6.07 Å². The van der Waals surface area contributed by atoms with Crippen LogP contribution in [-0.4, -0.2) is 49.5 Å². The van der Waals surface area contributed by atoms with Gasteiger partial charge in [0.05, 0.1) is 12.5 Å². The lowest BCUT2D eigenvalue weighted by molar-refractivity contribution is -0.126. The fourth-order valence-corrected chi connectivity index (χ4v) is 2.78. The van der Waals surface area contributed by atoms with Gasteiger partial charge in [-0.15, -0.1) is 0 Å². The SMILES string of the molecule is CCOc1cccc(C(=O)N2CCCC(C(=O)NCCN)C2)c1. The highest BCUT2D eigenvalue weighted by Gasteiger charge is 2.28. The molecule has 0 saturated carbocycles. The van der Waals surface area contributed by atoms with Crippen LogP contribution in [0.5, 0.6) is 5.75 Å². The predicted octanol–water partition coefficient (Wildman–Crippen LogP) is 1.01. The number of benzene rings is 1. The molecule has 1 aliphatic heterocycles. The van der Waals surface area contributed by atoms with E-state index in [0.717, 1.165) is 12.8 Å². The molecule has 1 aliphatic rings. The van der Waals surface area contributed by atoms with Crippen molar-refractivity contribution in [3.05, 3.63) is 29.8 Å². The zero-order chi connectivity index (χ0) is 16.7. The van der Waals surface area contributed by atoms with Crippen molar-refractivity contribution in [2.24, 2.45) is 11.7 Å². The van der Waals surface area contributed by atoms with Gasteiger partial charge in [0.2, 0.25) is 5.91 Å². The van der Waals surface area contributed by atoms with Crippen LogP contribution in [0.2, 0.25) is 0 Å². The third kappa shape index (κ3) is 4.69. The van der Waals surface area contributed by atoms with Crippen molar-refractivity contribution in [3.63, 3.8) is 0 Å². The molecule has 126 valence electrons. The second-order valence-corrected chi connectivity index (χ2v) is 5.63. The molecular weight excluding hydrogens is 294 g/mol. The number of likely N-dealkylation sites (tertiary alicyclic amines) is 1. The number of ether oxygens (including phenoxy) is 1. The van der Waals surface area contributed by atoms with Gasteiger partial charge in [-0.05, 0) is 38.0 Å². The Morgan fingerprint density at radius 2 is 2.26 bits per heavy atom. The average Bonchev–Trinajstić information content (AvgIpc) is 2.59. The molecule has 0 radical (unpaired) electrons. The lowest BCUT2D eigenvalue weighted by atomic mass is 9.96. The van der Waals surface area contributed by atoms with E-state index in [9.17, 15) is 9.59 Å². The Hall–Kier alpha value is -2.08.